The van der Waals surface area contributed by atoms with Crippen LogP contribution in [-0.2, 0) is 4.79 Å². The van der Waals surface area contributed by atoms with Gasteiger partial charge in [-0.2, -0.15) is 0 Å². The number of carbonyl (C=O) groups excluding carboxylic acids is 1. The lowest BCUT2D eigenvalue weighted by atomic mass is 10.3. The summed E-state index contributed by atoms with van der Waals surface area (Å²) in [5, 5.41) is 5.34. The van der Waals surface area contributed by atoms with Crippen molar-refractivity contribution in [3.63, 3.8) is 0 Å². The molecule has 1 aromatic rings. The van der Waals surface area contributed by atoms with Crippen LogP contribution in [-0.4, -0.2) is 19.5 Å². The van der Waals surface area contributed by atoms with Crippen LogP contribution in [0.25, 0.3) is 0 Å². The fourth-order valence-corrected chi connectivity index (χ4v) is 1.04. The molecule has 0 unspecified atom stereocenters. The van der Waals surface area contributed by atoms with Crippen molar-refractivity contribution in [1.82, 2.24) is 5.32 Å². The van der Waals surface area contributed by atoms with Gasteiger partial charge in [0.05, 0.1) is 5.69 Å². The van der Waals surface area contributed by atoms with Gasteiger partial charge in [0.1, 0.15) is 5.82 Å². The Bertz CT molecular complexity index is 315. The van der Waals surface area contributed by atoms with Crippen molar-refractivity contribution in [1.29, 1.82) is 0 Å². The number of benzene rings is 1. The Morgan fingerprint density at radius 3 is 2.79 bits per heavy atom. The molecule has 14 heavy (non-hydrogen) atoms. The van der Waals surface area contributed by atoms with E-state index in [-0.39, 0.29) is 11.7 Å². The van der Waals surface area contributed by atoms with Crippen molar-refractivity contribution in [2.24, 2.45) is 0 Å². The van der Waals surface area contributed by atoms with Gasteiger partial charge in [0.2, 0.25) is 5.91 Å². The standard InChI is InChI=1S/C10H13FN2O/c1-12-10(14)6-7-13-9-5-3-2-4-8(9)11/h2-5,13H,6-7H2,1H3,(H,12,14). The predicted molar refractivity (Wildman–Crippen MR) is 53.6 cm³/mol. The van der Waals surface area contributed by atoms with Crippen molar-refractivity contribution in [3.05, 3.63) is 30.1 Å². The molecule has 0 heterocycles. The van der Waals surface area contributed by atoms with Crippen LogP contribution < -0.4 is 10.6 Å². The molecule has 3 nitrogen and oxygen atoms in total. The molecule has 0 aliphatic heterocycles. The first kappa shape index (κ1) is 10.5. The number of anilines is 1. The third kappa shape index (κ3) is 3.05. The number of halogens is 1. The predicted octanol–water partition coefficient (Wildman–Crippen LogP) is 1.37. The molecule has 0 fully saturated rings. The van der Waals surface area contributed by atoms with Gasteiger partial charge < -0.3 is 10.6 Å². The lowest BCUT2D eigenvalue weighted by Crippen LogP contribution is -2.20. The molecule has 0 atom stereocenters. The summed E-state index contributed by atoms with van der Waals surface area (Å²) >= 11 is 0. The molecule has 1 amide bonds. The van der Waals surface area contributed by atoms with Gasteiger partial charge >= 0.3 is 0 Å². The Balaban J connectivity index is 2.39. The normalized spacial score (nSPS) is 9.57. The van der Waals surface area contributed by atoms with E-state index in [2.05, 4.69) is 10.6 Å². The summed E-state index contributed by atoms with van der Waals surface area (Å²) in [6.07, 6.45) is 0.338. The van der Waals surface area contributed by atoms with Crippen LogP contribution in [0.15, 0.2) is 24.3 Å². The molecular weight excluding hydrogens is 183 g/mol. The SMILES string of the molecule is CNC(=O)CCNc1ccccc1F. The molecule has 4 heteroatoms. The largest absolute Gasteiger partial charge is 0.382 e. The fraction of sp³-hybridized carbons (Fsp3) is 0.300. The Labute approximate surface area is 82.3 Å². The first-order valence-corrected chi connectivity index (χ1v) is 4.43. The van der Waals surface area contributed by atoms with E-state index >= 15 is 0 Å². The first-order valence-electron chi connectivity index (χ1n) is 4.43. The number of para-hydroxylation sites is 1. The van der Waals surface area contributed by atoms with Gasteiger partial charge in [-0.15, -0.1) is 0 Å². The van der Waals surface area contributed by atoms with Gasteiger partial charge in [-0.1, -0.05) is 12.1 Å². The quantitative estimate of drug-likeness (QED) is 0.763. The summed E-state index contributed by atoms with van der Waals surface area (Å²) < 4.78 is 13.0. The molecule has 0 saturated carbocycles. The molecule has 1 rings (SSSR count). The van der Waals surface area contributed by atoms with Crippen LogP contribution in [0.5, 0.6) is 0 Å². The van der Waals surface area contributed by atoms with E-state index in [0.29, 0.717) is 18.7 Å². The van der Waals surface area contributed by atoms with Crippen LogP contribution in [0.3, 0.4) is 0 Å². The van der Waals surface area contributed by atoms with Gasteiger partial charge in [0.25, 0.3) is 0 Å². The van der Waals surface area contributed by atoms with Gasteiger partial charge in [-0.25, -0.2) is 4.39 Å². The second kappa shape index (κ2) is 5.21. The van der Waals surface area contributed by atoms with Crippen LogP contribution in [0.1, 0.15) is 6.42 Å². The fourth-order valence-electron chi connectivity index (χ4n) is 1.04. The maximum Gasteiger partial charge on any atom is 0.221 e. The maximum absolute atomic E-state index is 13.0. The van der Waals surface area contributed by atoms with Crippen molar-refractivity contribution >= 4 is 11.6 Å². The molecule has 0 saturated heterocycles. The highest BCUT2D eigenvalue weighted by atomic mass is 19.1. The first-order chi connectivity index (χ1) is 6.74. The van der Waals surface area contributed by atoms with Gasteiger partial charge in [-0.3, -0.25) is 4.79 Å². The maximum atomic E-state index is 13.0. The second-order valence-electron chi connectivity index (χ2n) is 2.83. The number of hydrogen-bond acceptors (Lipinski definition) is 2. The van der Waals surface area contributed by atoms with E-state index in [1.807, 2.05) is 0 Å². The lowest BCUT2D eigenvalue weighted by Gasteiger charge is -2.06. The number of amides is 1. The highest BCUT2D eigenvalue weighted by molar-refractivity contribution is 5.76. The molecule has 1 aromatic carbocycles. The summed E-state index contributed by atoms with van der Waals surface area (Å²) in [4.78, 5) is 10.8. The Kier molecular flexibility index (Phi) is 3.91. The van der Waals surface area contributed by atoms with E-state index in [9.17, 15) is 9.18 Å². The minimum absolute atomic E-state index is 0.0613. The van der Waals surface area contributed by atoms with Crippen molar-refractivity contribution in [2.75, 3.05) is 18.9 Å². The van der Waals surface area contributed by atoms with Crippen LogP contribution in [0.4, 0.5) is 10.1 Å². The molecule has 0 aromatic heterocycles. The van der Waals surface area contributed by atoms with E-state index in [1.165, 1.54) is 6.07 Å². The molecule has 0 aliphatic rings. The van der Waals surface area contributed by atoms with Crippen molar-refractivity contribution < 1.29 is 9.18 Å². The monoisotopic (exact) mass is 196 g/mol. The number of rotatable bonds is 4. The molecule has 0 spiro atoms. The highest BCUT2D eigenvalue weighted by Gasteiger charge is 2.00. The lowest BCUT2D eigenvalue weighted by molar-refractivity contribution is -0.120. The zero-order chi connectivity index (χ0) is 10.4. The van der Waals surface area contributed by atoms with Gasteiger partial charge in [0.15, 0.2) is 0 Å². The Hall–Kier alpha value is -1.58. The summed E-state index contributed by atoms with van der Waals surface area (Å²) in [7, 11) is 1.57. The van der Waals surface area contributed by atoms with Crippen LogP contribution >= 0.6 is 0 Å². The molecule has 2 N–H and O–H groups in total. The summed E-state index contributed by atoms with van der Waals surface area (Å²) in [6, 6.07) is 6.38. The smallest absolute Gasteiger partial charge is 0.221 e. The molecular formula is C10H13FN2O. The number of hydrogen-bond donors (Lipinski definition) is 2. The minimum atomic E-state index is -0.301. The van der Waals surface area contributed by atoms with Crippen LogP contribution in [0.2, 0.25) is 0 Å². The average molecular weight is 196 g/mol. The zero-order valence-electron chi connectivity index (χ0n) is 8.01. The third-order valence-electron chi connectivity index (χ3n) is 1.82. The highest BCUT2D eigenvalue weighted by Crippen LogP contribution is 2.11. The molecule has 0 aliphatic carbocycles. The van der Waals surface area contributed by atoms with E-state index in [0.717, 1.165) is 0 Å². The van der Waals surface area contributed by atoms with Crippen molar-refractivity contribution in [2.45, 2.75) is 6.42 Å². The second-order valence-corrected chi connectivity index (χ2v) is 2.83. The summed E-state index contributed by atoms with van der Waals surface area (Å²) in [6.45, 7) is 0.431. The Morgan fingerprint density at radius 1 is 1.43 bits per heavy atom. The molecule has 0 bridgehead atoms. The number of carbonyl (C=O) groups is 1. The number of nitrogens with one attached hydrogen (secondary N) is 2. The summed E-state index contributed by atoms with van der Waals surface area (Å²) in [5.74, 6) is -0.363. The Morgan fingerprint density at radius 2 is 2.14 bits per heavy atom. The van der Waals surface area contributed by atoms with Crippen molar-refractivity contribution in [3.8, 4) is 0 Å². The third-order valence-corrected chi connectivity index (χ3v) is 1.82. The topological polar surface area (TPSA) is 41.1 Å². The van der Waals surface area contributed by atoms with E-state index in [4.69, 9.17) is 0 Å². The van der Waals surface area contributed by atoms with Crippen LogP contribution in [0, 0.1) is 5.82 Å². The van der Waals surface area contributed by atoms with E-state index < -0.39 is 0 Å². The minimum Gasteiger partial charge on any atom is -0.382 e. The zero-order valence-corrected chi connectivity index (χ0v) is 8.01. The molecule has 0 radical (unpaired) electrons. The van der Waals surface area contributed by atoms with Gasteiger partial charge in [-0.05, 0) is 12.1 Å². The average Bonchev–Trinajstić information content (AvgIpc) is 2.20. The van der Waals surface area contributed by atoms with E-state index in [1.54, 1.807) is 25.2 Å². The summed E-state index contributed by atoms with van der Waals surface area (Å²) in [5.41, 5.74) is 0.427. The van der Waals surface area contributed by atoms with Gasteiger partial charge in [0, 0.05) is 20.0 Å². The molecule has 76 valence electrons.